The number of amides is 1. The lowest BCUT2D eigenvalue weighted by atomic mass is 10.0. The van der Waals surface area contributed by atoms with Crippen molar-refractivity contribution in [1.82, 2.24) is 9.80 Å². The Labute approximate surface area is 89.7 Å². The molecule has 0 aromatic rings. The molecule has 1 aliphatic heterocycles. The molecule has 0 aromatic heterocycles. The normalized spacial score (nSPS) is 24.4. The highest BCUT2D eigenvalue weighted by Crippen LogP contribution is 2.19. The average molecular weight is 214 g/mol. The minimum Gasteiger partial charge on any atom is -0.480 e. The van der Waals surface area contributed by atoms with Gasteiger partial charge in [0.25, 0.3) is 0 Å². The number of aliphatic carboxylic acids is 1. The van der Waals surface area contributed by atoms with Gasteiger partial charge in [-0.2, -0.15) is 0 Å². The third-order valence-electron chi connectivity index (χ3n) is 2.81. The first-order valence-corrected chi connectivity index (χ1v) is 4.97. The molecule has 0 radical (unpaired) electrons. The summed E-state index contributed by atoms with van der Waals surface area (Å²) in [5, 5.41) is 8.99. The Kier molecular flexibility index (Phi) is 3.04. The molecule has 1 aliphatic rings. The molecule has 0 aliphatic carbocycles. The molecule has 1 N–H and O–H groups in total. The molecular formula is C10H18N2O3. The van der Waals surface area contributed by atoms with Crippen LogP contribution in [-0.4, -0.2) is 58.5 Å². The maximum absolute atomic E-state index is 11.6. The Morgan fingerprint density at radius 3 is 2.40 bits per heavy atom. The topological polar surface area (TPSA) is 60.9 Å². The van der Waals surface area contributed by atoms with Crippen LogP contribution >= 0.6 is 0 Å². The molecule has 1 amide bonds. The lowest BCUT2D eigenvalue weighted by Crippen LogP contribution is -2.61. The summed E-state index contributed by atoms with van der Waals surface area (Å²) in [6.45, 7) is 6.62. The molecule has 86 valence electrons. The molecule has 1 unspecified atom stereocenters. The largest absolute Gasteiger partial charge is 0.480 e. The molecule has 1 atom stereocenters. The zero-order chi connectivity index (χ0) is 11.8. The van der Waals surface area contributed by atoms with Crippen molar-refractivity contribution in [3.05, 3.63) is 0 Å². The average Bonchev–Trinajstić information content (AvgIpc) is 2.06. The summed E-state index contributed by atoms with van der Waals surface area (Å²) in [5.74, 6) is -1.08. The van der Waals surface area contributed by atoms with Gasteiger partial charge in [-0.1, -0.05) is 0 Å². The quantitative estimate of drug-likeness (QED) is 0.668. The zero-order valence-corrected chi connectivity index (χ0v) is 9.65. The van der Waals surface area contributed by atoms with Gasteiger partial charge in [-0.05, 0) is 20.8 Å². The van der Waals surface area contributed by atoms with Gasteiger partial charge in [0.1, 0.15) is 6.04 Å². The van der Waals surface area contributed by atoms with Crippen LogP contribution in [0.5, 0.6) is 0 Å². The highest BCUT2D eigenvalue weighted by molar-refractivity contribution is 5.86. The van der Waals surface area contributed by atoms with Crippen LogP contribution in [0.4, 0.5) is 0 Å². The van der Waals surface area contributed by atoms with Crippen molar-refractivity contribution in [1.29, 1.82) is 0 Å². The first kappa shape index (κ1) is 12.0. The minimum absolute atomic E-state index is 0.136. The van der Waals surface area contributed by atoms with Crippen molar-refractivity contribution in [2.45, 2.75) is 32.4 Å². The van der Waals surface area contributed by atoms with Crippen LogP contribution in [0.1, 0.15) is 20.8 Å². The van der Waals surface area contributed by atoms with Gasteiger partial charge in [0.15, 0.2) is 0 Å². The number of likely N-dealkylation sites (N-methyl/N-ethyl adjacent to an activating group) is 1. The molecule has 5 nitrogen and oxygen atoms in total. The van der Waals surface area contributed by atoms with Crippen LogP contribution in [-0.2, 0) is 9.59 Å². The number of carboxylic acid groups (broad SMARTS) is 1. The van der Waals surface area contributed by atoms with E-state index in [0.717, 1.165) is 0 Å². The summed E-state index contributed by atoms with van der Waals surface area (Å²) < 4.78 is 0. The maximum atomic E-state index is 11.6. The van der Waals surface area contributed by atoms with Gasteiger partial charge in [0.2, 0.25) is 5.91 Å². The number of hydrogen-bond acceptors (Lipinski definition) is 3. The lowest BCUT2D eigenvalue weighted by Gasteiger charge is -2.43. The van der Waals surface area contributed by atoms with Gasteiger partial charge >= 0.3 is 5.97 Å². The SMILES string of the molecule is CN1C(=O)CN(C(C)(C)C)CC1C(=O)O. The lowest BCUT2D eigenvalue weighted by molar-refractivity contribution is -0.156. The molecule has 0 saturated carbocycles. The Morgan fingerprint density at radius 1 is 1.47 bits per heavy atom. The first-order valence-electron chi connectivity index (χ1n) is 4.97. The van der Waals surface area contributed by atoms with Gasteiger partial charge in [-0.15, -0.1) is 0 Å². The summed E-state index contributed by atoms with van der Waals surface area (Å²) in [4.78, 5) is 25.8. The Morgan fingerprint density at radius 2 is 2.00 bits per heavy atom. The van der Waals surface area contributed by atoms with Gasteiger partial charge in [0, 0.05) is 19.1 Å². The van der Waals surface area contributed by atoms with Crippen LogP contribution in [0.2, 0.25) is 0 Å². The van der Waals surface area contributed by atoms with E-state index in [0.29, 0.717) is 13.1 Å². The summed E-state index contributed by atoms with van der Waals surface area (Å²) >= 11 is 0. The second-order valence-electron chi connectivity index (χ2n) is 4.91. The smallest absolute Gasteiger partial charge is 0.327 e. The molecule has 1 rings (SSSR count). The maximum Gasteiger partial charge on any atom is 0.327 e. The van der Waals surface area contributed by atoms with Crippen molar-refractivity contribution >= 4 is 11.9 Å². The van der Waals surface area contributed by atoms with E-state index in [-0.39, 0.29) is 11.4 Å². The molecule has 1 saturated heterocycles. The number of carbonyl (C=O) groups excluding carboxylic acids is 1. The van der Waals surface area contributed by atoms with Crippen molar-refractivity contribution in [3.63, 3.8) is 0 Å². The molecular weight excluding hydrogens is 196 g/mol. The van der Waals surface area contributed by atoms with Gasteiger partial charge in [-0.3, -0.25) is 9.69 Å². The van der Waals surface area contributed by atoms with Crippen molar-refractivity contribution < 1.29 is 14.7 Å². The van der Waals surface area contributed by atoms with Crippen LogP contribution in [0, 0.1) is 0 Å². The molecule has 0 bridgehead atoms. The summed E-state index contributed by atoms with van der Waals surface area (Å²) in [7, 11) is 1.54. The molecule has 1 heterocycles. The number of carbonyl (C=O) groups is 2. The number of piperazine rings is 1. The molecule has 15 heavy (non-hydrogen) atoms. The first-order chi connectivity index (χ1) is 6.73. The summed E-state index contributed by atoms with van der Waals surface area (Å²) in [5.41, 5.74) is -0.176. The molecule has 0 spiro atoms. The second-order valence-corrected chi connectivity index (χ2v) is 4.91. The molecule has 1 fully saturated rings. The highest BCUT2D eigenvalue weighted by Gasteiger charge is 2.38. The fraction of sp³-hybridized carbons (Fsp3) is 0.800. The van der Waals surface area contributed by atoms with E-state index >= 15 is 0 Å². The second kappa shape index (κ2) is 3.81. The van der Waals surface area contributed by atoms with Crippen molar-refractivity contribution in [2.75, 3.05) is 20.1 Å². The van der Waals surface area contributed by atoms with Crippen molar-refractivity contribution in [3.8, 4) is 0 Å². The summed E-state index contributed by atoms with van der Waals surface area (Å²) in [6.07, 6.45) is 0. The minimum atomic E-state index is -0.945. The van der Waals surface area contributed by atoms with Gasteiger partial charge in [0.05, 0.1) is 6.54 Å². The molecule has 5 heteroatoms. The van der Waals surface area contributed by atoms with Crippen LogP contribution in [0.25, 0.3) is 0 Å². The van der Waals surface area contributed by atoms with E-state index in [1.165, 1.54) is 4.90 Å². The third kappa shape index (κ3) is 2.47. The molecule has 0 aromatic carbocycles. The summed E-state index contributed by atoms with van der Waals surface area (Å²) in [6, 6.07) is -0.731. The number of hydrogen-bond donors (Lipinski definition) is 1. The Hall–Kier alpha value is -1.10. The zero-order valence-electron chi connectivity index (χ0n) is 9.65. The number of nitrogens with zero attached hydrogens (tertiary/aromatic N) is 2. The van der Waals surface area contributed by atoms with E-state index in [1.54, 1.807) is 7.05 Å². The van der Waals surface area contributed by atoms with Crippen molar-refractivity contribution in [2.24, 2.45) is 0 Å². The monoisotopic (exact) mass is 214 g/mol. The Balaban J connectivity index is 2.85. The fourth-order valence-electron chi connectivity index (χ4n) is 1.60. The predicted octanol–water partition coefficient (Wildman–Crippen LogP) is 0.0121. The highest BCUT2D eigenvalue weighted by atomic mass is 16.4. The predicted molar refractivity (Wildman–Crippen MR) is 55.5 cm³/mol. The number of rotatable bonds is 1. The van der Waals surface area contributed by atoms with Gasteiger partial charge < -0.3 is 10.0 Å². The number of carboxylic acids is 1. The third-order valence-corrected chi connectivity index (χ3v) is 2.81. The van der Waals surface area contributed by atoms with E-state index < -0.39 is 12.0 Å². The fourth-order valence-corrected chi connectivity index (χ4v) is 1.60. The van der Waals surface area contributed by atoms with Crippen LogP contribution in [0.3, 0.4) is 0 Å². The van der Waals surface area contributed by atoms with E-state index in [4.69, 9.17) is 5.11 Å². The van der Waals surface area contributed by atoms with Crippen LogP contribution in [0.15, 0.2) is 0 Å². The van der Waals surface area contributed by atoms with Gasteiger partial charge in [-0.25, -0.2) is 4.79 Å². The standard InChI is InChI=1S/C10H18N2O3/c1-10(2,3)12-5-7(9(14)15)11(4)8(13)6-12/h7H,5-6H2,1-4H3,(H,14,15). The van der Waals surface area contributed by atoms with E-state index in [2.05, 4.69) is 0 Å². The van der Waals surface area contributed by atoms with Crippen LogP contribution < -0.4 is 0 Å². The van der Waals surface area contributed by atoms with E-state index in [9.17, 15) is 9.59 Å². The van der Waals surface area contributed by atoms with E-state index in [1.807, 2.05) is 25.7 Å². The Bertz CT molecular complexity index is 283.